The monoisotopic (exact) mass is 214 g/mol. The molecule has 88 valence electrons. The normalized spacial score (nSPS) is 28.1. The van der Waals surface area contributed by atoms with Gasteiger partial charge in [0.1, 0.15) is 0 Å². The van der Waals surface area contributed by atoms with Crippen LogP contribution in [0.4, 0.5) is 0 Å². The van der Waals surface area contributed by atoms with Crippen molar-refractivity contribution in [3.63, 3.8) is 0 Å². The molecular formula is C11H22N2O2. The number of nitrogens with one attached hydrogen (secondary N) is 1. The number of carbonyl (C=O) groups excluding carboxylic acids is 1. The lowest BCUT2D eigenvalue weighted by atomic mass is 10.1. The van der Waals surface area contributed by atoms with Gasteiger partial charge in [-0.3, -0.25) is 9.69 Å². The fourth-order valence-electron chi connectivity index (χ4n) is 2.05. The van der Waals surface area contributed by atoms with E-state index in [0.29, 0.717) is 18.6 Å². The third-order valence-corrected chi connectivity index (χ3v) is 2.35. The summed E-state index contributed by atoms with van der Waals surface area (Å²) in [5.41, 5.74) is 0. The number of rotatable bonds is 3. The van der Waals surface area contributed by atoms with E-state index >= 15 is 0 Å². The molecule has 1 heterocycles. The van der Waals surface area contributed by atoms with Gasteiger partial charge in [-0.1, -0.05) is 0 Å². The van der Waals surface area contributed by atoms with E-state index in [-0.39, 0.29) is 12.1 Å². The van der Waals surface area contributed by atoms with E-state index in [1.54, 1.807) is 0 Å². The number of esters is 1. The molecule has 0 amide bonds. The van der Waals surface area contributed by atoms with Crippen LogP contribution in [0.1, 0.15) is 27.7 Å². The Kier molecular flexibility index (Phi) is 4.54. The van der Waals surface area contributed by atoms with Crippen molar-refractivity contribution in [3.8, 4) is 0 Å². The number of ether oxygens (including phenoxy) is 1. The van der Waals surface area contributed by atoms with Crippen LogP contribution in [-0.2, 0) is 9.53 Å². The maximum atomic E-state index is 11.5. The smallest absolute Gasteiger partial charge is 0.320 e. The van der Waals surface area contributed by atoms with Crippen LogP contribution in [0, 0.1) is 0 Å². The Labute approximate surface area is 92.0 Å². The quantitative estimate of drug-likeness (QED) is 0.699. The van der Waals surface area contributed by atoms with E-state index in [2.05, 4.69) is 24.1 Å². The highest BCUT2D eigenvalue weighted by atomic mass is 16.5. The van der Waals surface area contributed by atoms with E-state index in [9.17, 15) is 4.79 Å². The molecule has 2 atom stereocenters. The van der Waals surface area contributed by atoms with Gasteiger partial charge in [-0.25, -0.2) is 0 Å². The minimum Gasteiger partial charge on any atom is -0.462 e. The van der Waals surface area contributed by atoms with Gasteiger partial charge < -0.3 is 10.1 Å². The fraction of sp³-hybridized carbons (Fsp3) is 0.909. The first-order chi connectivity index (χ1) is 6.97. The van der Waals surface area contributed by atoms with Crippen molar-refractivity contribution in [2.45, 2.75) is 45.9 Å². The van der Waals surface area contributed by atoms with E-state index in [0.717, 1.165) is 13.1 Å². The summed E-state index contributed by atoms with van der Waals surface area (Å²) in [4.78, 5) is 13.6. The lowest BCUT2D eigenvalue weighted by Crippen LogP contribution is -2.55. The molecule has 0 radical (unpaired) electrons. The second kappa shape index (κ2) is 5.47. The Morgan fingerprint density at radius 2 is 1.93 bits per heavy atom. The molecule has 1 aliphatic heterocycles. The molecule has 1 aliphatic rings. The Bertz CT molecular complexity index is 209. The van der Waals surface area contributed by atoms with Crippen molar-refractivity contribution in [3.05, 3.63) is 0 Å². The first kappa shape index (κ1) is 12.5. The highest BCUT2D eigenvalue weighted by Crippen LogP contribution is 2.04. The second-order valence-corrected chi connectivity index (χ2v) is 4.70. The van der Waals surface area contributed by atoms with Gasteiger partial charge >= 0.3 is 5.97 Å². The lowest BCUT2D eigenvalue weighted by Gasteiger charge is -2.35. The summed E-state index contributed by atoms with van der Waals surface area (Å²) in [6, 6.07) is 0.890. The van der Waals surface area contributed by atoms with E-state index < -0.39 is 0 Å². The van der Waals surface area contributed by atoms with Crippen LogP contribution in [0.15, 0.2) is 0 Å². The van der Waals surface area contributed by atoms with Crippen molar-refractivity contribution in [1.29, 1.82) is 0 Å². The van der Waals surface area contributed by atoms with Crippen LogP contribution in [-0.4, -0.2) is 48.7 Å². The number of nitrogens with zero attached hydrogens (tertiary/aromatic N) is 1. The molecule has 4 heteroatoms. The molecule has 1 fully saturated rings. The summed E-state index contributed by atoms with van der Waals surface area (Å²) in [6.07, 6.45) is -0.0183. The third kappa shape index (κ3) is 4.62. The van der Waals surface area contributed by atoms with E-state index in [1.807, 2.05) is 13.8 Å². The average Bonchev–Trinajstić information content (AvgIpc) is 1.98. The molecule has 2 unspecified atom stereocenters. The molecule has 0 aromatic heterocycles. The lowest BCUT2D eigenvalue weighted by molar-refractivity contribution is -0.149. The minimum absolute atomic E-state index is 0.0183. The SMILES string of the molecule is CC1CN(CC(=O)OC(C)C)CC(C)N1. The van der Waals surface area contributed by atoms with Crippen LogP contribution in [0.2, 0.25) is 0 Å². The van der Waals surface area contributed by atoms with Gasteiger partial charge in [-0.2, -0.15) is 0 Å². The standard InChI is InChI=1S/C11H22N2O2/c1-8(2)15-11(14)7-13-5-9(3)12-10(4)6-13/h8-10,12H,5-7H2,1-4H3. The molecule has 0 spiro atoms. The topological polar surface area (TPSA) is 41.6 Å². The predicted octanol–water partition coefficient (Wildman–Crippen LogP) is 0.620. The highest BCUT2D eigenvalue weighted by Gasteiger charge is 2.23. The molecule has 4 nitrogen and oxygen atoms in total. The Balaban J connectivity index is 2.34. The molecule has 0 aromatic rings. The van der Waals surface area contributed by atoms with Crippen molar-refractivity contribution < 1.29 is 9.53 Å². The van der Waals surface area contributed by atoms with Crippen LogP contribution in [0.5, 0.6) is 0 Å². The van der Waals surface area contributed by atoms with Gasteiger partial charge in [-0.15, -0.1) is 0 Å². The van der Waals surface area contributed by atoms with Gasteiger partial charge in [0.2, 0.25) is 0 Å². The Morgan fingerprint density at radius 3 is 2.40 bits per heavy atom. The third-order valence-electron chi connectivity index (χ3n) is 2.35. The van der Waals surface area contributed by atoms with Gasteiger partial charge in [0, 0.05) is 25.2 Å². The number of piperazine rings is 1. The second-order valence-electron chi connectivity index (χ2n) is 4.70. The summed E-state index contributed by atoms with van der Waals surface area (Å²) in [6.45, 7) is 10.3. The van der Waals surface area contributed by atoms with Crippen LogP contribution < -0.4 is 5.32 Å². The van der Waals surface area contributed by atoms with Crippen LogP contribution >= 0.6 is 0 Å². The summed E-state index contributed by atoms with van der Waals surface area (Å²) >= 11 is 0. The maximum absolute atomic E-state index is 11.5. The zero-order valence-electron chi connectivity index (χ0n) is 10.1. The first-order valence-electron chi connectivity index (χ1n) is 5.65. The van der Waals surface area contributed by atoms with Crippen molar-refractivity contribution in [2.75, 3.05) is 19.6 Å². The van der Waals surface area contributed by atoms with Crippen molar-refractivity contribution in [1.82, 2.24) is 10.2 Å². The Hall–Kier alpha value is -0.610. The number of hydrogen-bond donors (Lipinski definition) is 1. The summed E-state index contributed by atoms with van der Waals surface area (Å²) < 4.78 is 5.12. The molecule has 15 heavy (non-hydrogen) atoms. The molecule has 1 rings (SSSR count). The van der Waals surface area contributed by atoms with Crippen LogP contribution in [0.3, 0.4) is 0 Å². The summed E-state index contributed by atoms with van der Waals surface area (Å²) in [5, 5.41) is 3.43. The first-order valence-corrected chi connectivity index (χ1v) is 5.65. The molecule has 1 N–H and O–H groups in total. The predicted molar refractivity (Wildman–Crippen MR) is 59.7 cm³/mol. The average molecular weight is 214 g/mol. The molecule has 1 saturated heterocycles. The minimum atomic E-state index is -0.119. The van der Waals surface area contributed by atoms with E-state index in [4.69, 9.17) is 4.74 Å². The van der Waals surface area contributed by atoms with Crippen molar-refractivity contribution >= 4 is 5.97 Å². The zero-order chi connectivity index (χ0) is 11.4. The molecule has 0 saturated carbocycles. The number of carbonyl (C=O) groups is 1. The van der Waals surface area contributed by atoms with Gasteiger partial charge in [0.05, 0.1) is 12.6 Å². The maximum Gasteiger partial charge on any atom is 0.320 e. The summed E-state index contributed by atoms with van der Waals surface area (Å²) in [5.74, 6) is -0.119. The zero-order valence-corrected chi connectivity index (χ0v) is 10.1. The van der Waals surface area contributed by atoms with Crippen LogP contribution in [0.25, 0.3) is 0 Å². The van der Waals surface area contributed by atoms with Gasteiger partial charge in [0.15, 0.2) is 0 Å². The highest BCUT2D eigenvalue weighted by molar-refractivity contribution is 5.71. The van der Waals surface area contributed by atoms with E-state index in [1.165, 1.54) is 0 Å². The molecule has 0 bridgehead atoms. The molecule has 0 aromatic carbocycles. The van der Waals surface area contributed by atoms with Crippen molar-refractivity contribution in [2.24, 2.45) is 0 Å². The largest absolute Gasteiger partial charge is 0.462 e. The van der Waals surface area contributed by atoms with Gasteiger partial charge in [0.25, 0.3) is 0 Å². The Morgan fingerprint density at radius 1 is 1.40 bits per heavy atom. The fourth-order valence-corrected chi connectivity index (χ4v) is 2.05. The molecular weight excluding hydrogens is 192 g/mol. The molecule has 0 aliphatic carbocycles. The summed E-state index contributed by atoms with van der Waals surface area (Å²) in [7, 11) is 0. The van der Waals surface area contributed by atoms with Gasteiger partial charge in [-0.05, 0) is 27.7 Å². The number of hydrogen-bond acceptors (Lipinski definition) is 4.